The summed E-state index contributed by atoms with van der Waals surface area (Å²) in [5.74, 6) is -2.52. The lowest BCUT2D eigenvalue weighted by atomic mass is 9.94. The van der Waals surface area contributed by atoms with Crippen molar-refractivity contribution in [1.29, 1.82) is 0 Å². The number of benzene rings is 2. The zero-order valence-corrected chi connectivity index (χ0v) is 34.8. The quantitative estimate of drug-likeness (QED) is 0.141. The number of fused-ring (bicyclic) bond motifs is 2. The van der Waals surface area contributed by atoms with Crippen molar-refractivity contribution in [2.24, 2.45) is 0 Å². The molecule has 2 aliphatic heterocycles. The smallest absolute Gasteiger partial charge is 0.263 e. The van der Waals surface area contributed by atoms with Crippen LogP contribution in [-0.4, -0.2) is 81.1 Å². The van der Waals surface area contributed by atoms with Gasteiger partial charge >= 0.3 is 0 Å². The minimum Gasteiger partial charge on any atom is -0.394 e. The number of aliphatic hydroxyl groups is 2. The Morgan fingerprint density at radius 3 is 0.930 bits per heavy atom. The third-order valence-electron chi connectivity index (χ3n) is 7.80. The molecular formula is C26H20Br8N2O7. The number of ether oxygens (including phenoxy) is 1. The SMILES string of the molecule is CCC(CO)(COCC(CC)(CO)N1C(=O)c2c(Br)c(Br)c(Br)c(Br)c2C1=O)N1C(=O)c2c(Br)c(Br)c(Br)c(Br)c2C1=O. The third kappa shape index (κ3) is 5.49. The molecule has 0 saturated carbocycles. The van der Waals surface area contributed by atoms with E-state index in [0.29, 0.717) is 35.8 Å². The summed E-state index contributed by atoms with van der Waals surface area (Å²) in [7, 11) is 0. The number of rotatable bonds is 10. The van der Waals surface area contributed by atoms with Crippen LogP contribution in [-0.2, 0) is 4.74 Å². The summed E-state index contributed by atoms with van der Waals surface area (Å²) in [5, 5.41) is 21.2. The molecule has 2 aliphatic rings. The summed E-state index contributed by atoms with van der Waals surface area (Å²) >= 11 is 27.2. The van der Waals surface area contributed by atoms with Gasteiger partial charge in [-0.1, -0.05) is 13.8 Å². The predicted molar refractivity (Wildman–Crippen MR) is 187 cm³/mol. The molecule has 2 aromatic rings. The first-order valence-electron chi connectivity index (χ1n) is 12.4. The Bertz CT molecular complexity index is 1380. The van der Waals surface area contributed by atoms with E-state index in [2.05, 4.69) is 127 Å². The van der Waals surface area contributed by atoms with Crippen LogP contribution in [0.3, 0.4) is 0 Å². The maximum Gasteiger partial charge on any atom is 0.263 e. The number of imide groups is 2. The van der Waals surface area contributed by atoms with E-state index >= 15 is 0 Å². The van der Waals surface area contributed by atoms with Gasteiger partial charge in [-0.3, -0.25) is 29.0 Å². The van der Waals surface area contributed by atoms with E-state index in [1.165, 1.54) is 0 Å². The van der Waals surface area contributed by atoms with Gasteiger partial charge in [0, 0.05) is 35.8 Å². The molecule has 0 aliphatic carbocycles. The Morgan fingerprint density at radius 1 is 0.512 bits per heavy atom. The van der Waals surface area contributed by atoms with Crippen molar-refractivity contribution in [2.75, 3.05) is 26.4 Å². The van der Waals surface area contributed by atoms with Crippen molar-refractivity contribution < 1.29 is 34.1 Å². The number of hydrogen-bond acceptors (Lipinski definition) is 7. The van der Waals surface area contributed by atoms with Crippen molar-refractivity contribution in [2.45, 2.75) is 37.8 Å². The molecule has 4 amide bonds. The van der Waals surface area contributed by atoms with Gasteiger partial charge in [0.05, 0.1) is 59.8 Å². The molecule has 232 valence electrons. The standard InChI is InChI=1S/C26H20Br8N2O7/c1-3-25(5-37,35-21(39)9-10(22(35)40)14(28)18(32)17(31)13(9)27)7-43-8-26(4-2,6-38)36-23(41)11-12(24(36)42)16(30)20(34)19(33)15(11)29/h37-38H,3-8H2,1-2H3. The minimum atomic E-state index is -1.50. The predicted octanol–water partition coefficient (Wildman–Crippen LogP) is 7.98. The number of aliphatic hydroxyl groups excluding tert-OH is 2. The van der Waals surface area contributed by atoms with Crippen molar-refractivity contribution in [1.82, 2.24) is 9.80 Å². The zero-order chi connectivity index (χ0) is 32.3. The summed E-state index contributed by atoms with van der Waals surface area (Å²) < 4.78 is 9.64. The van der Waals surface area contributed by atoms with Crippen LogP contribution < -0.4 is 0 Å². The van der Waals surface area contributed by atoms with Gasteiger partial charge in [0.15, 0.2) is 0 Å². The fourth-order valence-electron chi connectivity index (χ4n) is 5.10. The molecule has 4 rings (SSSR count). The average molecular weight is 1110 g/mol. The third-order valence-corrected chi connectivity index (χ3v) is 17.3. The van der Waals surface area contributed by atoms with Crippen LogP contribution in [0.5, 0.6) is 0 Å². The fourth-order valence-corrected chi connectivity index (χ4v) is 10.0. The maximum absolute atomic E-state index is 13.7. The largest absolute Gasteiger partial charge is 0.394 e. The summed E-state index contributed by atoms with van der Waals surface area (Å²) in [6.45, 7) is 1.48. The first kappa shape index (κ1) is 36.3. The first-order chi connectivity index (χ1) is 20.1. The molecule has 2 N–H and O–H groups in total. The van der Waals surface area contributed by atoms with Crippen molar-refractivity contribution in [3.8, 4) is 0 Å². The molecule has 2 atom stereocenters. The van der Waals surface area contributed by atoms with Gasteiger partial charge in [0.25, 0.3) is 23.6 Å². The van der Waals surface area contributed by atoms with Crippen molar-refractivity contribution >= 4 is 151 Å². The highest BCUT2D eigenvalue weighted by Crippen LogP contribution is 2.48. The normalized spacial score (nSPS) is 17.5. The Labute approximate surface area is 313 Å². The Balaban J connectivity index is 1.68. The molecule has 17 heteroatoms. The number of carbonyl (C=O) groups excluding carboxylic acids is 4. The fraction of sp³-hybridized carbons (Fsp3) is 0.385. The van der Waals surface area contributed by atoms with E-state index in [9.17, 15) is 29.4 Å². The molecular weight excluding hydrogens is 1090 g/mol. The molecule has 0 radical (unpaired) electrons. The summed E-state index contributed by atoms with van der Waals surface area (Å²) in [6.07, 6.45) is 0.250. The molecule has 43 heavy (non-hydrogen) atoms. The van der Waals surface area contributed by atoms with Crippen LogP contribution >= 0.6 is 127 Å². The number of halogens is 8. The van der Waals surface area contributed by atoms with Crippen molar-refractivity contribution in [3.63, 3.8) is 0 Å². The lowest BCUT2D eigenvalue weighted by Crippen LogP contribution is -2.60. The molecule has 2 heterocycles. The summed E-state index contributed by atoms with van der Waals surface area (Å²) in [4.78, 5) is 56.9. The van der Waals surface area contributed by atoms with Crippen LogP contribution in [0, 0.1) is 0 Å². The molecule has 2 unspecified atom stereocenters. The van der Waals surface area contributed by atoms with E-state index in [4.69, 9.17) is 4.74 Å². The monoisotopic (exact) mass is 1100 g/mol. The summed E-state index contributed by atoms with van der Waals surface area (Å²) in [5.41, 5.74) is -2.51. The maximum atomic E-state index is 13.7. The molecule has 0 saturated heterocycles. The highest BCUT2D eigenvalue weighted by molar-refractivity contribution is 9.15. The van der Waals surface area contributed by atoms with Crippen LogP contribution in [0.2, 0.25) is 0 Å². The first-order valence-corrected chi connectivity index (χ1v) is 18.8. The average Bonchev–Trinajstić information content (AvgIpc) is 3.42. The van der Waals surface area contributed by atoms with Gasteiger partial charge in [0.2, 0.25) is 0 Å². The van der Waals surface area contributed by atoms with Crippen LogP contribution in [0.4, 0.5) is 0 Å². The highest BCUT2D eigenvalue weighted by atomic mass is 79.9. The van der Waals surface area contributed by atoms with E-state index < -0.39 is 47.9 Å². The Kier molecular flexibility index (Phi) is 11.4. The van der Waals surface area contributed by atoms with Gasteiger partial charge in [-0.05, 0) is 140 Å². The van der Waals surface area contributed by atoms with Crippen LogP contribution in [0.25, 0.3) is 0 Å². The van der Waals surface area contributed by atoms with E-state index in [0.717, 1.165) is 9.80 Å². The van der Waals surface area contributed by atoms with E-state index in [-0.39, 0.29) is 48.3 Å². The molecule has 0 aromatic heterocycles. The van der Waals surface area contributed by atoms with Crippen LogP contribution in [0.15, 0.2) is 35.8 Å². The van der Waals surface area contributed by atoms with Gasteiger partial charge in [-0.25, -0.2) is 0 Å². The summed E-state index contributed by atoms with van der Waals surface area (Å²) in [6, 6.07) is 0. The lowest BCUT2D eigenvalue weighted by Gasteiger charge is -2.41. The topological polar surface area (TPSA) is 124 Å². The lowest BCUT2D eigenvalue weighted by molar-refractivity contribution is -0.0598. The second-order valence-corrected chi connectivity index (χ2v) is 16.2. The van der Waals surface area contributed by atoms with Gasteiger partial charge in [-0.15, -0.1) is 0 Å². The number of hydrogen-bond donors (Lipinski definition) is 2. The van der Waals surface area contributed by atoms with Crippen molar-refractivity contribution in [3.05, 3.63) is 58.0 Å². The molecule has 0 fully saturated rings. The highest BCUT2D eigenvalue weighted by Gasteiger charge is 2.53. The number of carbonyl (C=O) groups is 4. The van der Waals surface area contributed by atoms with E-state index in [1.807, 2.05) is 0 Å². The molecule has 0 spiro atoms. The molecule has 0 bridgehead atoms. The second-order valence-electron chi connectivity index (χ2n) is 9.87. The zero-order valence-electron chi connectivity index (χ0n) is 22.1. The Hall–Kier alpha value is 0.440. The van der Waals surface area contributed by atoms with Gasteiger partial charge < -0.3 is 14.9 Å². The number of nitrogens with zero attached hydrogens (tertiary/aromatic N) is 2. The van der Waals surface area contributed by atoms with Gasteiger partial charge in [-0.2, -0.15) is 0 Å². The molecule has 9 nitrogen and oxygen atoms in total. The second kappa shape index (κ2) is 13.5. The Morgan fingerprint density at radius 2 is 0.744 bits per heavy atom. The van der Waals surface area contributed by atoms with Crippen LogP contribution in [0.1, 0.15) is 68.1 Å². The van der Waals surface area contributed by atoms with E-state index in [1.54, 1.807) is 13.8 Å². The molecule has 2 aromatic carbocycles. The van der Waals surface area contributed by atoms with Gasteiger partial charge in [0.1, 0.15) is 0 Å². The number of amides is 4. The minimum absolute atomic E-state index is 0.121.